The van der Waals surface area contributed by atoms with Crippen LogP contribution in [0.2, 0.25) is 0 Å². The second-order valence-corrected chi connectivity index (χ2v) is 5.56. The highest BCUT2D eigenvalue weighted by atomic mass is 16.5. The largest absolute Gasteiger partial charge is 0.494 e. The smallest absolute Gasteiger partial charge is 0.338 e. The van der Waals surface area contributed by atoms with E-state index < -0.39 is 11.9 Å². The highest BCUT2D eigenvalue weighted by Crippen LogP contribution is 2.20. The molecule has 1 aromatic heterocycles. The Kier molecular flexibility index (Phi) is 6.56. The molecule has 1 heterocycles. The summed E-state index contributed by atoms with van der Waals surface area (Å²) in [5.74, 6) is -0.682. The van der Waals surface area contributed by atoms with Crippen LogP contribution in [-0.2, 0) is 23.1 Å². The van der Waals surface area contributed by atoms with Crippen LogP contribution < -0.4 is 9.30 Å². The Morgan fingerprint density at radius 2 is 1.80 bits per heavy atom. The van der Waals surface area contributed by atoms with Crippen LogP contribution in [-0.4, -0.2) is 37.3 Å². The Hall–Kier alpha value is -2.83. The van der Waals surface area contributed by atoms with Crippen LogP contribution in [0.15, 0.2) is 36.9 Å². The molecule has 2 rings (SSSR count). The highest BCUT2D eigenvalue weighted by Gasteiger charge is 2.19. The maximum atomic E-state index is 11.9. The van der Waals surface area contributed by atoms with Crippen molar-refractivity contribution in [2.24, 2.45) is 7.05 Å². The first-order valence-corrected chi connectivity index (χ1v) is 7.99. The van der Waals surface area contributed by atoms with Crippen LogP contribution in [0, 0.1) is 0 Å². The molecule has 0 saturated heterocycles. The van der Waals surface area contributed by atoms with Crippen molar-refractivity contribution < 1.29 is 28.4 Å². The van der Waals surface area contributed by atoms with Crippen LogP contribution >= 0.6 is 0 Å². The zero-order valence-electron chi connectivity index (χ0n) is 14.7. The molecule has 0 spiro atoms. The van der Waals surface area contributed by atoms with Crippen LogP contribution in [0.25, 0.3) is 0 Å². The van der Waals surface area contributed by atoms with Gasteiger partial charge in [0.2, 0.25) is 6.33 Å². The number of rotatable bonds is 8. The number of aromatic nitrogens is 2. The first-order valence-electron chi connectivity index (χ1n) is 7.99. The zero-order chi connectivity index (χ0) is 18.2. The van der Waals surface area contributed by atoms with E-state index in [0.29, 0.717) is 12.4 Å². The summed E-state index contributed by atoms with van der Waals surface area (Å²) in [6.45, 7) is 1.43. The van der Waals surface area contributed by atoms with Crippen molar-refractivity contribution in [3.63, 3.8) is 0 Å². The number of benzene rings is 1. The van der Waals surface area contributed by atoms with Gasteiger partial charge in [0, 0.05) is 0 Å². The first kappa shape index (κ1) is 18.5. The zero-order valence-corrected chi connectivity index (χ0v) is 14.7. The van der Waals surface area contributed by atoms with Crippen molar-refractivity contribution in [3.8, 4) is 5.75 Å². The number of nitrogens with zero attached hydrogens (tertiary/aromatic N) is 2. The predicted octanol–water partition coefficient (Wildman–Crippen LogP) is 1.75. The van der Waals surface area contributed by atoms with E-state index in [0.717, 1.165) is 19.4 Å². The number of imidazole rings is 1. The predicted molar refractivity (Wildman–Crippen MR) is 89.5 cm³/mol. The average Bonchev–Trinajstić information content (AvgIpc) is 3.05. The van der Waals surface area contributed by atoms with E-state index in [1.807, 2.05) is 30.3 Å². The van der Waals surface area contributed by atoms with E-state index >= 15 is 0 Å². The van der Waals surface area contributed by atoms with Gasteiger partial charge in [-0.05, 0) is 31.0 Å². The lowest BCUT2D eigenvalue weighted by Crippen LogP contribution is -2.23. The average molecular weight is 347 g/mol. The molecule has 0 N–H and O–H groups in total. The fourth-order valence-corrected chi connectivity index (χ4v) is 2.40. The highest BCUT2D eigenvalue weighted by molar-refractivity contribution is 6.03. The van der Waals surface area contributed by atoms with Crippen LogP contribution in [0.4, 0.5) is 0 Å². The number of methoxy groups -OCH3 is 2. The van der Waals surface area contributed by atoms with Crippen molar-refractivity contribution in [2.45, 2.75) is 19.4 Å². The number of ether oxygens (including phenoxy) is 3. The molecule has 0 unspecified atom stereocenters. The molecule has 0 amide bonds. The van der Waals surface area contributed by atoms with Crippen molar-refractivity contribution in [3.05, 3.63) is 48.0 Å². The minimum absolute atomic E-state index is 0.131. The Labute approximate surface area is 146 Å². The third-order valence-electron chi connectivity index (χ3n) is 3.70. The lowest BCUT2D eigenvalue weighted by Gasteiger charge is -2.10. The minimum Gasteiger partial charge on any atom is -0.494 e. The van der Waals surface area contributed by atoms with Crippen LogP contribution in [0.5, 0.6) is 5.75 Å². The quantitative estimate of drug-likeness (QED) is 0.413. The molecule has 7 heteroatoms. The molecule has 134 valence electrons. The van der Waals surface area contributed by atoms with E-state index in [1.54, 1.807) is 6.07 Å². The summed E-state index contributed by atoms with van der Waals surface area (Å²) >= 11 is 0. The number of carbonyl (C=O) groups excluding carboxylic acids is 2. The lowest BCUT2D eigenvalue weighted by atomic mass is 10.1. The molecule has 2 aromatic rings. The molecule has 0 aliphatic carbocycles. The number of esters is 2. The molecule has 0 atom stereocenters. The molecular formula is C18H23N2O5+. The normalized spacial score (nSPS) is 10.4. The molecular weight excluding hydrogens is 324 g/mol. The van der Waals surface area contributed by atoms with Crippen molar-refractivity contribution >= 4 is 11.9 Å². The summed E-state index contributed by atoms with van der Waals surface area (Å²) in [6.07, 6.45) is 7.88. The number of aryl methyl sites for hydroxylation is 2. The van der Waals surface area contributed by atoms with Crippen molar-refractivity contribution in [1.82, 2.24) is 4.57 Å². The molecule has 0 radical (unpaired) electrons. The second kappa shape index (κ2) is 8.86. The summed E-state index contributed by atoms with van der Waals surface area (Å²) in [6, 6.07) is 4.65. The maximum absolute atomic E-state index is 11.9. The van der Waals surface area contributed by atoms with Gasteiger partial charge in [-0.2, -0.15) is 0 Å². The number of unbranched alkanes of at least 4 members (excludes halogenated alkanes) is 1. The van der Waals surface area contributed by atoms with Gasteiger partial charge in [-0.1, -0.05) is 0 Å². The van der Waals surface area contributed by atoms with Gasteiger partial charge >= 0.3 is 11.9 Å². The van der Waals surface area contributed by atoms with Gasteiger partial charge in [0.1, 0.15) is 18.1 Å². The topological polar surface area (TPSA) is 70.6 Å². The minimum atomic E-state index is -0.605. The summed E-state index contributed by atoms with van der Waals surface area (Å²) in [4.78, 5) is 23.6. The summed E-state index contributed by atoms with van der Waals surface area (Å²) in [7, 11) is 4.51. The first-order chi connectivity index (χ1) is 12.0. The van der Waals surface area contributed by atoms with E-state index in [-0.39, 0.29) is 11.1 Å². The maximum Gasteiger partial charge on any atom is 0.338 e. The molecule has 0 fully saturated rings. The summed E-state index contributed by atoms with van der Waals surface area (Å²) in [5, 5.41) is 0. The Balaban J connectivity index is 1.91. The molecule has 0 saturated carbocycles. The number of hydrogen-bond acceptors (Lipinski definition) is 5. The standard InChI is InChI=1S/C18H23N2O5/c1-19-9-10-20(13-19)8-4-5-11-25-14-6-7-15(17(21)23-2)16(12-14)18(22)24-3/h6-7,9-10,12-13H,4-5,8,11H2,1-3H3/q+1. The van der Waals surface area contributed by atoms with Gasteiger partial charge in [0.15, 0.2) is 0 Å². The molecule has 0 aliphatic rings. The molecule has 1 aromatic carbocycles. The number of carbonyl (C=O) groups is 2. The van der Waals surface area contributed by atoms with E-state index in [9.17, 15) is 9.59 Å². The van der Waals surface area contributed by atoms with Gasteiger partial charge in [-0.25, -0.2) is 18.7 Å². The van der Waals surface area contributed by atoms with Gasteiger partial charge < -0.3 is 14.2 Å². The number of hydrogen-bond donors (Lipinski definition) is 0. The fraction of sp³-hybridized carbons (Fsp3) is 0.389. The summed E-state index contributed by atoms with van der Waals surface area (Å²) in [5.41, 5.74) is 0.286. The summed E-state index contributed by atoms with van der Waals surface area (Å²) < 4.78 is 19.2. The monoisotopic (exact) mass is 347 g/mol. The Morgan fingerprint density at radius 1 is 1.08 bits per heavy atom. The van der Waals surface area contributed by atoms with E-state index in [4.69, 9.17) is 9.47 Å². The lowest BCUT2D eigenvalue weighted by molar-refractivity contribution is -0.671. The molecule has 0 aliphatic heterocycles. The van der Waals surface area contributed by atoms with Crippen LogP contribution in [0.1, 0.15) is 33.6 Å². The van der Waals surface area contributed by atoms with Gasteiger partial charge in [0.25, 0.3) is 0 Å². The Bertz CT molecular complexity index is 739. The Morgan fingerprint density at radius 3 is 2.44 bits per heavy atom. The van der Waals surface area contributed by atoms with Gasteiger partial charge in [0.05, 0.1) is 45.5 Å². The van der Waals surface area contributed by atoms with Gasteiger partial charge in [-0.15, -0.1) is 0 Å². The van der Waals surface area contributed by atoms with E-state index in [1.165, 1.54) is 26.4 Å². The van der Waals surface area contributed by atoms with Crippen molar-refractivity contribution in [1.29, 1.82) is 0 Å². The fourth-order valence-electron chi connectivity index (χ4n) is 2.40. The third kappa shape index (κ3) is 5.07. The molecule has 0 bridgehead atoms. The van der Waals surface area contributed by atoms with Gasteiger partial charge in [-0.3, -0.25) is 0 Å². The SMILES string of the molecule is COC(=O)c1ccc(OCCCCn2cc[n+](C)c2)cc1C(=O)OC. The second-order valence-electron chi connectivity index (χ2n) is 5.56. The van der Waals surface area contributed by atoms with Crippen LogP contribution in [0.3, 0.4) is 0 Å². The van der Waals surface area contributed by atoms with Crippen molar-refractivity contribution in [2.75, 3.05) is 20.8 Å². The third-order valence-corrected chi connectivity index (χ3v) is 3.70. The molecule has 25 heavy (non-hydrogen) atoms. The van der Waals surface area contributed by atoms with E-state index in [2.05, 4.69) is 9.30 Å². The molecule has 7 nitrogen and oxygen atoms in total.